The van der Waals surface area contributed by atoms with Gasteiger partial charge in [0.05, 0.1) is 11.9 Å². The number of hydrogen-bond donors (Lipinski definition) is 2. The fourth-order valence-corrected chi connectivity index (χ4v) is 2.25. The lowest BCUT2D eigenvalue weighted by Crippen LogP contribution is -2.21. The lowest BCUT2D eigenvalue weighted by atomic mass is 10.1. The Balaban J connectivity index is 1.48. The van der Waals surface area contributed by atoms with Gasteiger partial charge in [0.25, 0.3) is 0 Å². The van der Waals surface area contributed by atoms with E-state index in [1.165, 1.54) is 6.07 Å². The van der Waals surface area contributed by atoms with Crippen LogP contribution < -0.4 is 10.1 Å². The van der Waals surface area contributed by atoms with Crippen molar-refractivity contribution in [3.63, 3.8) is 0 Å². The van der Waals surface area contributed by atoms with E-state index in [-0.39, 0.29) is 12.4 Å². The van der Waals surface area contributed by atoms with Crippen molar-refractivity contribution in [2.24, 2.45) is 0 Å². The van der Waals surface area contributed by atoms with Crippen molar-refractivity contribution in [1.29, 1.82) is 0 Å². The molecule has 24 heavy (non-hydrogen) atoms. The van der Waals surface area contributed by atoms with Crippen LogP contribution in [0.25, 0.3) is 11.3 Å². The van der Waals surface area contributed by atoms with E-state index in [0.717, 1.165) is 29.0 Å². The number of rotatable bonds is 7. The number of hydrogen-bond acceptors (Lipinski definition) is 4. The van der Waals surface area contributed by atoms with Crippen LogP contribution in [0.3, 0.4) is 0 Å². The maximum absolute atomic E-state index is 13.4. The summed E-state index contributed by atoms with van der Waals surface area (Å²) in [5.41, 5.74) is 2.86. The zero-order valence-electron chi connectivity index (χ0n) is 12.8. The Kier molecular flexibility index (Phi) is 5.12. The minimum Gasteiger partial charge on any atom is -0.489 e. The van der Waals surface area contributed by atoms with Crippen molar-refractivity contribution in [2.75, 3.05) is 13.2 Å². The van der Waals surface area contributed by atoms with E-state index in [0.29, 0.717) is 13.1 Å². The van der Waals surface area contributed by atoms with Crippen molar-refractivity contribution in [3.05, 3.63) is 66.1 Å². The first-order chi connectivity index (χ1) is 11.7. The Labute approximate surface area is 137 Å². The zero-order chi connectivity index (χ0) is 16.8. The number of ether oxygens (including phenoxy) is 1. The maximum Gasteiger partial charge on any atom is 0.167 e. The lowest BCUT2D eigenvalue weighted by molar-refractivity contribution is 0.297. The van der Waals surface area contributed by atoms with Gasteiger partial charge in [0.15, 0.2) is 11.6 Å². The number of halogens is 2. The molecule has 2 aromatic heterocycles. The summed E-state index contributed by atoms with van der Waals surface area (Å²) >= 11 is 0. The third-order valence-electron chi connectivity index (χ3n) is 3.41. The first-order valence-corrected chi connectivity index (χ1v) is 7.45. The van der Waals surface area contributed by atoms with Crippen LogP contribution in [0.2, 0.25) is 0 Å². The molecule has 2 heterocycles. The molecular weight excluding hydrogens is 314 g/mol. The fraction of sp³-hybridized carbons (Fsp3) is 0.176. The molecule has 0 amide bonds. The molecule has 7 heteroatoms. The fourth-order valence-electron chi connectivity index (χ4n) is 2.25. The minimum atomic E-state index is -0.705. The molecular formula is C17H16F2N4O. The van der Waals surface area contributed by atoms with Gasteiger partial charge in [-0.25, -0.2) is 8.78 Å². The summed E-state index contributed by atoms with van der Waals surface area (Å²) in [6, 6.07) is 7.05. The molecule has 0 aliphatic carbocycles. The Morgan fingerprint density at radius 1 is 1.17 bits per heavy atom. The average molecular weight is 330 g/mol. The highest BCUT2D eigenvalue weighted by Gasteiger charge is 2.08. The Morgan fingerprint density at radius 3 is 2.88 bits per heavy atom. The van der Waals surface area contributed by atoms with Gasteiger partial charge in [0, 0.05) is 42.7 Å². The van der Waals surface area contributed by atoms with Crippen molar-refractivity contribution < 1.29 is 13.5 Å². The molecule has 124 valence electrons. The molecule has 0 aliphatic heterocycles. The standard InChI is InChI=1S/C17H16F2N4O/c18-14-3-4-16(15(19)8-14)24-7-6-21-10-13-11-22-23-17(13)12-2-1-5-20-9-12/h1-5,8-9,11,21H,6-7,10H2,(H,22,23). The summed E-state index contributed by atoms with van der Waals surface area (Å²) in [4.78, 5) is 4.09. The van der Waals surface area contributed by atoms with Crippen molar-refractivity contribution >= 4 is 0 Å². The quantitative estimate of drug-likeness (QED) is 0.654. The van der Waals surface area contributed by atoms with Crippen molar-refractivity contribution in [3.8, 4) is 17.0 Å². The van der Waals surface area contributed by atoms with Gasteiger partial charge in [-0.3, -0.25) is 10.1 Å². The van der Waals surface area contributed by atoms with Crippen LogP contribution in [-0.4, -0.2) is 28.3 Å². The van der Waals surface area contributed by atoms with Crippen molar-refractivity contribution in [2.45, 2.75) is 6.54 Å². The third kappa shape index (κ3) is 3.94. The van der Waals surface area contributed by atoms with Gasteiger partial charge in [0.1, 0.15) is 12.4 Å². The Morgan fingerprint density at radius 2 is 2.08 bits per heavy atom. The van der Waals surface area contributed by atoms with E-state index in [2.05, 4.69) is 20.5 Å². The van der Waals surface area contributed by atoms with E-state index in [9.17, 15) is 8.78 Å². The van der Waals surface area contributed by atoms with Gasteiger partial charge in [-0.2, -0.15) is 5.10 Å². The third-order valence-corrected chi connectivity index (χ3v) is 3.41. The van der Waals surface area contributed by atoms with E-state index < -0.39 is 11.6 Å². The molecule has 0 aliphatic rings. The van der Waals surface area contributed by atoms with E-state index in [1.807, 2.05) is 12.1 Å². The Hall–Kier alpha value is -2.80. The molecule has 3 rings (SSSR count). The first-order valence-electron chi connectivity index (χ1n) is 7.45. The van der Waals surface area contributed by atoms with Crippen LogP contribution in [0.15, 0.2) is 48.9 Å². The molecule has 0 radical (unpaired) electrons. The topological polar surface area (TPSA) is 62.8 Å². The molecule has 3 aromatic rings. The summed E-state index contributed by atoms with van der Waals surface area (Å²) in [5, 5.41) is 10.2. The molecule has 5 nitrogen and oxygen atoms in total. The molecule has 0 saturated heterocycles. The van der Waals surface area contributed by atoms with Gasteiger partial charge >= 0.3 is 0 Å². The van der Waals surface area contributed by atoms with E-state index >= 15 is 0 Å². The summed E-state index contributed by atoms with van der Waals surface area (Å²) in [5.74, 6) is -1.29. The highest BCUT2D eigenvalue weighted by Crippen LogP contribution is 2.19. The van der Waals surface area contributed by atoms with Gasteiger partial charge < -0.3 is 10.1 Å². The number of pyridine rings is 1. The molecule has 0 fully saturated rings. The second kappa shape index (κ2) is 7.65. The summed E-state index contributed by atoms with van der Waals surface area (Å²) in [6.45, 7) is 1.35. The summed E-state index contributed by atoms with van der Waals surface area (Å²) in [7, 11) is 0. The minimum absolute atomic E-state index is 0.0394. The smallest absolute Gasteiger partial charge is 0.167 e. The van der Waals surface area contributed by atoms with Crippen LogP contribution in [0.5, 0.6) is 5.75 Å². The second-order valence-electron chi connectivity index (χ2n) is 5.11. The van der Waals surface area contributed by atoms with Crippen LogP contribution in [0.1, 0.15) is 5.56 Å². The largest absolute Gasteiger partial charge is 0.489 e. The van der Waals surface area contributed by atoms with Crippen LogP contribution in [-0.2, 0) is 6.54 Å². The predicted molar refractivity (Wildman–Crippen MR) is 85.4 cm³/mol. The second-order valence-corrected chi connectivity index (χ2v) is 5.11. The van der Waals surface area contributed by atoms with Crippen LogP contribution in [0.4, 0.5) is 8.78 Å². The SMILES string of the molecule is Fc1ccc(OCCNCc2cn[nH]c2-c2cccnc2)c(F)c1. The van der Waals surface area contributed by atoms with E-state index in [4.69, 9.17) is 4.74 Å². The number of benzene rings is 1. The molecule has 0 unspecified atom stereocenters. The monoisotopic (exact) mass is 330 g/mol. The molecule has 0 saturated carbocycles. The van der Waals surface area contributed by atoms with Gasteiger partial charge in [-0.15, -0.1) is 0 Å². The highest BCUT2D eigenvalue weighted by molar-refractivity contribution is 5.61. The molecule has 0 spiro atoms. The maximum atomic E-state index is 13.4. The average Bonchev–Trinajstić information content (AvgIpc) is 3.05. The number of nitrogens with one attached hydrogen (secondary N) is 2. The molecule has 0 bridgehead atoms. The highest BCUT2D eigenvalue weighted by atomic mass is 19.1. The number of nitrogens with zero attached hydrogens (tertiary/aromatic N) is 2. The predicted octanol–water partition coefficient (Wildman–Crippen LogP) is 2.92. The van der Waals surface area contributed by atoms with Gasteiger partial charge in [0.2, 0.25) is 0 Å². The van der Waals surface area contributed by atoms with Crippen LogP contribution in [0, 0.1) is 11.6 Å². The number of H-pyrrole nitrogens is 1. The Bertz CT molecular complexity index is 792. The summed E-state index contributed by atoms with van der Waals surface area (Å²) < 4.78 is 31.5. The number of aromatic amines is 1. The zero-order valence-corrected chi connectivity index (χ0v) is 12.8. The lowest BCUT2D eigenvalue weighted by Gasteiger charge is -2.08. The molecule has 1 aromatic carbocycles. The van der Waals surface area contributed by atoms with Crippen molar-refractivity contribution in [1.82, 2.24) is 20.5 Å². The summed E-state index contributed by atoms with van der Waals surface area (Å²) in [6.07, 6.45) is 5.22. The van der Waals surface area contributed by atoms with E-state index in [1.54, 1.807) is 18.6 Å². The van der Waals surface area contributed by atoms with Crippen LogP contribution >= 0.6 is 0 Å². The normalized spacial score (nSPS) is 10.8. The molecule has 2 N–H and O–H groups in total. The molecule has 0 atom stereocenters. The van der Waals surface area contributed by atoms with Gasteiger partial charge in [-0.05, 0) is 24.3 Å². The first kappa shape index (κ1) is 16.1. The van der Waals surface area contributed by atoms with Gasteiger partial charge in [-0.1, -0.05) is 0 Å². The number of aromatic nitrogens is 3.